The van der Waals surface area contributed by atoms with E-state index in [0.29, 0.717) is 0 Å². The van der Waals surface area contributed by atoms with Gasteiger partial charge in [-0.25, -0.2) is 0 Å². The molecule has 0 amide bonds. The average Bonchev–Trinajstić information content (AvgIpc) is 1.88. The number of fused-ring (bicyclic) bond motifs is 1. The molecule has 6 heavy (non-hydrogen) atoms. The first-order valence-corrected chi connectivity index (χ1v) is 4.44. The van der Waals surface area contributed by atoms with E-state index >= 15 is 0 Å². The lowest BCUT2D eigenvalue weighted by atomic mass is 10.5. The summed E-state index contributed by atoms with van der Waals surface area (Å²) in [5.74, 6) is 1.39. The normalized spacial score (nSPS) is 73.2. The Morgan fingerprint density at radius 3 is 2.50 bits per heavy atom. The van der Waals surface area contributed by atoms with E-state index < -0.39 is 0 Å². The van der Waals surface area contributed by atoms with Crippen molar-refractivity contribution in [1.29, 1.82) is 0 Å². The van der Waals surface area contributed by atoms with Crippen molar-refractivity contribution in [2.75, 3.05) is 12.0 Å². The van der Waals surface area contributed by atoms with Crippen LogP contribution in [0.25, 0.3) is 0 Å². The van der Waals surface area contributed by atoms with E-state index in [-0.39, 0.29) is 10.3 Å². The van der Waals surface area contributed by atoms with Gasteiger partial charge in [-0.05, 0) is 12.7 Å². The predicted molar refractivity (Wildman–Crippen MR) is 27.9 cm³/mol. The maximum absolute atomic E-state index is 5.30. The van der Waals surface area contributed by atoms with E-state index in [4.69, 9.17) is 4.18 Å². The lowest BCUT2D eigenvalue weighted by molar-refractivity contribution is 0.466. The average molecular weight is 104 g/mol. The van der Waals surface area contributed by atoms with E-state index in [2.05, 4.69) is 6.26 Å². The van der Waals surface area contributed by atoms with E-state index in [9.17, 15) is 0 Å². The van der Waals surface area contributed by atoms with Gasteiger partial charge in [-0.1, -0.05) is 0 Å². The zero-order chi connectivity index (χ0) is 4.20. The smallest absolute Gasteiger partial charge is 0.121 e. The Balaban J connectivity index is 2.22. The van der Waals surface area contributed by atoms with Crippen molar-refractivity contribution in [3.8, 4) is 0 Å². The van der Waals surface area contributed by atoms with Crippen LogP contribution >= 0.6 is 10.3 Å². The van der Waals surface area contributed by atoms with Crippen LogP contribution in [0.5, 0.6) is 0 Å². The van der Waals surface area contributed by atoms with Crippen LogP contribution in [0.1, 0.15) is 6.42 Å². The van der Waals surface area contributed by atoms with E-state index in [1.54, 1.807) is 0 Å². The van der Waals surface area contributed by atoms with E-state index in [1.807, 2.05) is 0 Å². The summed E-state index contributed by atoms with van der Waals surface area (Å²) in [6.45, 7) is 0. The second kappa shape index (κ2) is 0.651. The van der Waals surface area contributed by atoms with Gasteiger partial charge in [0.15, 0.2) is 0 Å². The monoisotopic (exact) mass is 104 g/mol. The molecule has 2 saturated heterocycles. The lowest BCUT2D eigenvalue weighted by Crippen LogP contribution is -2.05. The highest BCUT2D eigenvalue weighted by Gasteiger charge is 2.55. The highest BCUT2D eigenvalue weighted by Crippen LogP contribution is 2.76. The van der Waals surface area contributed by atoms with Crippen molar-refractivity contribution < 1.29 is 4.18 Å². The van der Waals surface area contributed by atoms with Gasteiger partial charge < -0.3 is 4.18 Å². The first-order chi connectivity index (χ1) is 2.81. The second-order valence-electron chi connectivity index (χ2n) is 2.09. The molecule has 1 unspecified atom stereocenters. The molecule has 0 aliphatic carbocycles. The van der Waals surface area contributed by atoms with Crippen molar-refractivity contribution in [2.24, 2.45) is 0 Å². The fraction of sp³-hybridized carbons (Fsp3) is 1.00. The third-order valence-corrected chi connectivity index (χ3v) is 4.58. The molecule has 0 aromatic heterocycles. The highest BCUT2D eigenvalue weighted by molar-refractivity contribution is 8.35. The van der Waals surface area contributed by atoms with Crippen LogP contribution in [0.15, 0.2) is 0 Å². The lowest BCUT2D eigenvalue weighted by Gasteiger charge is -2.16. The Hall–Kier alpha value is 0.310. The van der Waals surface area contributed by atoms with Crippen LogP contribution < -0.4 is 0 Å². The van der Waals surface area contributed by atoms with Gasteiger partial charge in [-0.3, -0.25) is 0 Å². The van der Waals surface area contributed by atoms with Gasteiger partial charge in [-0.2, -0.15) is 0 Å². The van der Waals surface area contributed by atoms with Crippen LogP contribution in [-0.4, -0.2) is 17.4 Å². The first-order valence-electron chi connectivity index (χ1n) is 2.24. The Morgan fingerprint density at radius 1 is 1.83 bits per heavy atom. The fourth-order valence-corrected chi connectivity index (χ4v) is 3.00. The van der Waals surface area contributed by atoms with Crippen molar-refractivity contribution in [2.45, 2.75) is 11.9 Å². The van der Waals surface area contributed by atoms with Gasteiger partial charge in [0.25, 0.3) is 0 Å². The van der Waals surface area contributed by atoms with Gasteiger partial charge in [0, 0.05) is 5.75 Å². The predicted octanol–water partition coefficient (Wildman–Crippen LogP) is 1.10. The van der Waals surface area contributed by atoms with Gasteiger partial charge in [0.2, 0.25) is 0 Å². The molecule has 0 aromatic rings. The van der Waals surface area contributed by atoms with Crippen LogP contribution in [0.2, 0.25) is 0 Å². The van der Waals surface area contributed by atoms with Gasteiger partial charge in [0.05, 0.1) is 0 Å². The molecule has 0 aromatic carbocycles. The Labute approximate surface area is 39.2 Å². The fourth-order valence-electron chi connectivity index (χ4n) is 0.865. The molecular weight excluding hydrogens is 96.1 g/mol. The molecule has 0 bridgehead atoms. The molecule has 0 N–H and O–H groups in total. The highest BCUT2D eigenvalue weighted by atomic mass is 32.3. The molecular formula is C4H8OS. The van der Waals surface area contributed by atoms with Crippen LogP contribution in [0.3, 0.4) is 0 Å². The zero-order valence-corrected chi connectivity index (χ0v) is 4.62. The van der Waals surface area contributed by atoms with Crippen molar-refractivity contribution in [3.63, 3.8) is 0 Å². The minimum atomic E-state index is -0.315. The SMILES string of the molecule is CS12CC[C@@H]1O2. The Morgan fingerprint density at radius 2 is 2.50 bits per heavy atom. The number of rotatable bonds is 0. The topological polar surface area (TPSA) is 12.5 Å². The van der Waals surface area contributed by atoms with E-state index in [0.717, 1.165) is 5.44 Å². The molecule has 2 fully saturated rings. The summed E-state index contributed by atoms with van der Waals surface area (Å²) in [4.78, 5) is 0. The zero-order valence-electron chi connectivity index (χ0n) is 3.81. The minimum Gasteiger partial charge on any atom is -0.320 e. The summed E-state index contributed by atoms with van der Waals surface area (Å²) in [7, 11) is -0.315. The molecule has 1 nitrogen and oxygen atoms in total. The van der Waals surface area contributed by atoms with Crippen molar-refractivity contribution in [1.82, 2.24) is 0 Å². The van der Waals surface area contributed by atoms with Gasteiger partial charge in [0.1, 0.15) is 5.44 Å². The summed E-state index contributed by atoms with van der Waals surface area (Å²) in [5.41, 5.74) is 0.762. The molecule has 2 heteroatoms. The van der Waals surface area contributed by atoms with Crippen LogP contribution in [0, 0.1) is 0 Å². The first kappa shape index (κ1) is 3.33. The summed E-state index contributed by atoms with van der Waals surface area (Å²) < 4.78 is 5.30. The summed E-state index contributed by atoms with van der Waals surface area (Å²) >= 11 is 0. The Kier molecular flexibility index (Phi) is 0.361. The van der Waals surface area contributed by atoms with Gasteiger partial charge in [-0.15, -0.1) is 10.3 Å². The molecule has 2 atom stereocenters. The number of hydrogen-bond acceptors (Lipinski definition) is 1. The number of hydrogen-bond donors (Lipinski definition) is 0. The molecule has 36 valence electrons. The summed E-state index contributed by atoms with van der Waals surface area (Å²) in [6, 6.07) is 0. The quantitative estimate of drug-likeness (QED) is 0.419. The third-order valence-electron chi connectivity index (χ3n) is 1.60. The van der Waals surface area contributed by atoms with Crippen LogP contribution in [0.4, 0.5) is 0 Å². The minimum absolute atomic E-state index is 0.315. The standard InChI is InChI=1S/C4H8OS/c1-6-3-2-4(6)5-6/h4H,2-3H2,1H3/t4-/m1/s1. The molecule has 0 radical (unpaired) electrons. The molecule has 0 spiro atoms. The molecule has 0 saturated carbocycles. The maximum Gasteiger partial charge on any atom is 0.121 e. The maximum atomic E-state index is 5.30. The summed E-state index contributed by atoms with van der Waals surface area (Å²) in [5, 5.41) is 0. The van der Waals surface area contributed by atoms with Crippen LogP contribution in [-0.2, 0) is 4.18 Å². The van der Waals surface area contributed by atoms with Crippen molar-refractivity contribution in [3.05, 3.63) is 0 Å². The third kappa shape index (κ3) is 0.201. The molecule has 2 heterocycles. The Bertz CT molecular complexity index is 89.5. The molecule has 2 aliphatic rings. The molecule has 2 aliphatic heterocycles. The largest absolute Gasteiger partial charge is 0.320 e. The van der Waals surface area contributed by atoms with E-state index in [1.165, 1.54) is 12.2 Å². The summed E-state index contributed by atoms with van der Waals surface area (Å²) in [6.07, 6.45) is 3.62. The van der Waals surface area contributed by atoms with Crippen molar-refractivity contribution >= 4 is 10.3 Å². The van der Waals surface area contributed by atoms with Gasteiger partial charge >= 0.3 is 0 Å². The molecule has 2 rings (SSSR count). The second-order valence-corrected chi connectivity index (χ2v) is 5.36.